The van der Waals surface area contributed by atoms with Crippen LogP contribution in [0, 0.1) is 0 Å². The Morgan fingerprint density at radius 2 is 1.93 bits per heavy atom. The minimum atomic E-state index is -4.37. The molecule has 1 saturated heterocycles. The second-order valence-electron chi connectivity index (χ2n) is 3.24. The highest BCUT2D eigenvalue weighted by atomic mass is 19.4. The summed E-state index contributed by atoms with van der Waals surface area (Å²) in [5.41, 5.74) is 0. The third-order valence-electron chi connectivity index (χ3n) is 1.96. The maximum atomic E-state index is 11.7. The summed E-state index contributed by atoms with van der Waals surface area (Å²) in [6.07, 6.45) is -4.37. The van der Waals surface area contributed by atoms with Gasteiger partial charge in [-0.15, -0.1) is 0 Å². The van der Waals surface area contributed by atoms with Gasteiger partial charge in [-0.2, -0.15) is 13.2 Å². The van der Waals surface area contributed by atoms with Gasteiger partial charge in [0.1, 0.15) is 13.2 Å². The summed E-state index contributed by atoms with van der Waals surface area (Å²) in [6, 6.07) is 0. The Hall–Kier alpha value is -0.820. The molecule has 7 heteroatoms. The number of nitrogens with one attached hydrogen (secondary N) is 1. The molecule has 0 saturated carbocycles. The second kappa shape index (κ2) is 5.32. The van der Waals surface area contributed by atoms with Crippen molar-refractivity contribution in [3.05, 3.63) is 0 Å². The van der Waals surface area contributed by atoms with E-state index in [1.165, 1.54) is 4.90 Å². The van der Waals surface area contributed by atoms with E-state index in [4.69, 9.17) is 0 Å². The van der Waals surface area contributed by atoms with Crippen LogP contribution in [0.5, 0.6) is 0 Å². The molecule has 1 fully saturated rings. The van der Waals surface area contributed by atoms with Crippen LogP contribution in [0.3, 0.4) is 0 Å². The summed E-state index contributed by atoms with van der Waals surface area (Å²) >= 11 is 0. The number of hydrogen-bond donors (Lipinski definition) is 1. The highest BCUT2D eigenvalue weighted by Gasteiger charge is 2.28. The maximum absolute atomic E-state index is 11.7. The molecule has 1 aliphatic rings. The van der Waals surface area contributed by atoms with Gasteiger partial charge in [0, 0.05) is 26.2 Å². The van der Waals surface area contributed by atoms with Crippen molar-refractivity contribution in [3.8, 4) is 0 Å². The second-order valence-corrected chi connectivity index (χ2v) is 3.24. The molecule has 1 aliphatic heterocycles. The van der Waals surface area contributed by atoms with Crippen LogP contribution < -0.4 is 5.32 Å². The van der Waals surface area contributed by atoms with Gasteiger partial charge < -0.3 is 15.0 Å². The molecule has 0 aromatic rings. The van der Waals surface area contributed by atoms with Gasteiger partial charge >= 0.3 is 6.18 Å². The van der Waals surface area contributed by atoms with Crippen LogP contribution in [-0.2, 0) is 9.53 Å². The third-order valence-corrected chi connectivity index (χ3v) is 1.96. The minimum absolute atomic E-state index is 0.388. The Kier molecular flexibility index (Phi) is 4.34. The van der Waals surface area contributed by atoms with Crippen LogP contribution in [0.15, 0.2) is 0 Å². The predicted octanol–water partition coefficient (Wildman–Crippen LogP) is -0.00290. The SMILES string of the molecule is O=C(COCC(F)(F)F)N1CCNCC1. The Morgan fingerprint density at radius 3 is 2.47 bits per heavy atom. The molecule has 0 spiro atoms. The molecule has 0 atom stereocenters. The first-order chi connectivity index (χ1) is 6.99. The Labute approximate surface area is 85.4 Å². The normalized spacial score (nSPS) is 17.9. The van der Waals surface area contributed by atoms with Gasteiger partial charge in [-0.3, -0.25) is 4.79 Å². The van der Waals surface area contributed by atoms with Crippen molar-refractivity contribution in [2.45, 2.75) is 6.18 Å². The van der Waals surface area contributed by atoms with Crippen LogP contribution >= 0.6 is 0 Å². The van der Waals surface area contributed by atoms with Crippen LogP contribution in [-0.4, -0.2) is 56.4 Å². The highest BCUT2D eigenvalue weighted by molar-refractivity contribution is 5.77. The first-order valence-corrected chi connectivity index (χ1v) is 4.62. The molecule has 88 valence electrons. The zero-order valence-corrected chi connectivity index (χ0v) is 8.14. The number of piperazine rings is 1. The number of nitrogens with zero attached hydrogens (tertiary/aromatic N) is 1. The molecule has 1 rings (SSSR count). The minimum Gasteiger partial charge on any atom is -0.362 e. The van der Waals surface area contributed by atoms with Crippen LogP contribution in [0.1, 0.15) is 0 Å². The molecule has 0 aromatic carbocycles. The van der Waals surface area contributed by atoms with E-state index < -0.39 is 19.4 Å². The van der Waals surface area contributed by atoms with Gasteiger partial charge in [0.15, 0.2) is 0 Å². The fourth-order valence-electron chi connectivity index (χ4n) is 1.26. The smallest absolute Gasteiger partial charge is 0.362 e. The van der Waals surface area contributed by atoms with Crippen molar-refractivity contribution in [1.82, 2.24) is 10.2 Å². The number of ether oxygens (including phenoxy) is 1. The van der Waals surface area contributed by atoms with Gasteiger partial charge in [-0.05, 0) is 0 Å². The molecule has 0 aromatic heterocycles. The van der Waals surface area contributed by atoms with Crippen molar-refractivity contribution in [2.75, 3.05) is 39.4 Å². The summed E-state index contributed by atoms with van der Waals surface area (Å²) in [7, 11) is 0. The molecule has 4 nitrogen and oxygen atoms in total. The lowest BCUT2D eigenvalue weighted by molar-refractivity contribution is -0.177. The zero-order chi connectivity index (χ0) is 11.3. The van der Waals surface area contributed by atoms with E-state index in [9.17, 15) is 18.0 Å². The maximum Gasteiger partial charge on any atom is 0.411 e. The molecule has 0 bridgehead atoms. The summed E-state index contributed by atoms with van der Waals surface area (Å²) in [6.45, 7) is 0.517. The van der Waals surface area contributed by atoms with Gasteiger partial charge in [0.05, 0.1) is 0 Å². The standard InChI is InChI=1S/C8H13F3N2O2/c9-8(10,11)6-15-5-7(14)13-3-1-12-2-4-13/h12H,1-6H2. The predicted molar refractivity (Wildman–Crippen MR) is 46.3 cm³/mol. The number of halogens is 3. The van der Waals surface area contributed by atoms with E-state index in [1.807, 2.05) is 0 Å². The lowest BCUT2D eigenvalue weighted by atomic mass is 10.3. The topological polar surface area (TPSA) is 41.6 Å². The molecule has 1 amide bonds. The summed E-state index contributed by atoms with van der Waals surface area (Å²) in [5.74, 6) is -0.388. The highest BCUT2D eigenvalue weighted by Crippen LogP contribution is 2.14. The Morgan fingerprint density at radius 1 is 1.33 bits per heavy atom. The molecule has 0 radical (unpaired) electrons. The lowest BCUT2D eigenvalue weighted by Crippen LogP contribution is -2.47. The van der Waals surface area contributed by atoms with Gasteiger partial charge in [-0.25, -0.2) is 0 Å². The lowest BCUT2D eigenvalue weighted by Gasteiger charge is -2.27. The summed E-state index contributed by atoms with van der Waals surface area (Å²) < 4.78 is 39.3. The molecular weight excluding hydrogens is 213 g/mol. The average molecular weight is 226 g/mol. The Balaban J connectivity index is 2.17. The molecule has 15 heavy (non-hydrogen) atoms. The number of carbonyl (C=O) groups excluding carboxylic acids is 1. The summed E-state index contributed by atoms with van der Waals surface area (Å²) in [5, 5.41) is 3.04. The van der Waals surface area contributed by atoms with Crippen molar-refractivity contribution < 1.29 is 22.7 Å². The number of carbonyl (C=O) groups is 1. The molecule has 0 unspecified atom stereocenters. The fourth-order valence-corrected chi connectivity index (χ4v) is 1.26. The molecule has 0 aliphatic carbocycles. The largest absolute Gasteiger partial charge is 0.411 e. The molecule has 1 N–H and O–H groups in total. The van der Waals surface area contributed by atoms with E-state index in [0.29, 0.717) is 26.2 Å². The van der Waals surface area contributed by atoms with Crippen LogP contribution in [0.25, 0.3) is 0 Å². The van der Waals surface area contributed by atoms with Crippen LogP contribution in [0.4, 0.5) is 13.2 Å². The number of hydrogen-bond acceptors (Lipinski definition) is 3. The number of amides is 1. The first-order valence-electron chi connectivity index (χ1n) is 4.62. The monoisotopic (exact) mass is 226 g/mol. The molecular formula is C8H13F3N2O2. The first kappa shape index (κ1) is 12.3. The number of alkyl halides is 3. The van der Waals surface area contributed by atoms with E-state index in [0.717, 1.165) is 0 Å². The van der Waals surface area contributed by atoms with Gasteiger partial charge in [0.25, 0.3) is 0 Å². The van der Waals surface area contributed by atoms with E-state index in [2.05, 4.69) is 10.1 Å². The van der Waals surface area contributed by atoms with E-state index in [-0.39, 0.29) is 5.91 Å². The van der Waals surface area contributed by atoms with Crippen molar-refractivity contribution in [1.29, 1.82) is 0 Å². The summed E-state index contributed by atoms with van der Waals surface area (Å²) in [4.78, 5) is 12.8. The van der Waals surface area contributed by atoms with Crippen LogP contribution in [0.2, 0.25) is 0 Å². The van der Waals surface area contributed by atoms with Gasteiger partial charge in [0.2, 0.25) is 5.91 Å². The quantitative estimate of drug-likeness (QED) is 0.736. The van der Waals surface area contributed by atoms with E-state index in [1.54, 1.807) is 0 Å². The molecule has 1 heterocycles. The zero-order valence-electron chi connectivity index (χ0n) is 8.14. The fraction of sp³-hybridized carbons (Fsp3) is 0.875. The van der Waals surface area contributed by atoms with Crippen molar-refractivity contribution in [3.63, 3.8) is 0 Å². The average Bonchev–Trinajstić information content (AvgIpc) is 2.17. The van der Waals surface area contributed by atoms with E-state index >= 15 is 0 Å². The van der Waals surface area contributed by atoms with Crippen molar-refractivity contribution >= 4 is 5.91 Å². The van der Waals surface area contributed by atoms with Gasteiger partial charge in [-0.1, -0.05) is 0 Å². The van der Waals surface area contributed by atoms with Crippen molar-refractivity contribution in [2.24, 2.45) is 0 Å². The number of rotatable bonds is 3. The Bertz CT molecular complexity index is 214. The third kappa shape index (κ3) is 4.98.